The number of hydrogen-bond donors (Lipinski definition) is 1. The monoisotopic (exact) mass is 522 g/mol. The van der Waals surface area contributed by atoms with Crippen LogP contribution < -0.4 is 15.0 Å². The Kier molecular flexibility index (Phi) is 6.23. The van der Waals surface area contributed by atoms with Crippen LogP contribution in [0.5, 0.6) is 11.5 Å². The molecule has 0 unspecified atom stereocenters. The van der Waals surface area contributed by atoms with Gasteiger partial charge in [0, 0.05) is 5.69 Å². The van der Waals surface area contributed by atoms with E-state index >= 15 is 0 Å². The van der Waals surface area contributed by atoms with Crippen molar-refractivity contribution in [3.63, 3.8) is 0 Å². The third-order valence-corrected chi connectivity index (χ3v) is 7.69. The number of benzene rings is 3. The summed E-state index contributed by atoms with van der Waals surface area (Å²) in [6.45, 7) is 1.56. The van der Waals surface area contributed by atoms with Gasteiger partial charge in [-0.15, -0.1) is 0 Å². The Morgan fingerprint density at radius 2 is 1.54 bits per heavy atom. The predicted octanol–water partition coefficient (Wildman–Crippen LogP) is 4.98. The number of fused-ring (bicyclic) bond motifs is 5. The molecule has 0 spiro atoms. The second-order valence-electron chi connectivity index (χ2n) is 10.1. The largest absolute Gasteiger partial charge is 0.457 e. The number of esters is 1. The van der Waals surface area contributed by atoms with Crippen LogP contribution in [0.15, 0.2) is 90.5 Å². The fourth-order valence-corrected chi connectivity index (χ4v) is 5.92. The Morgan fingerprint density at radius 3 is 2.26 bits per heavy atom. The van der Waals surface area contributed by atoms with Crippen molar-refractivity contribution in [3.05, 3.63) is 96.1 Å². The lowest BCUT2D eigenvalue weighted by Gasteiger charge is -2.19. The number of hydrogen-bond acceptors (Lipinski definition) is 6. The first-order valence-electron chi connectivity index (χ1n) is 12.8. The molecule has 6 rings (SSSR count). The van der Waals surface area contributed by atoms with Crippen LogP contribution in [0.25, 0.3) is 0 Å². The molecule has 8 nitrogen and oxygen atoms in total. The topological polar surface area (TPSA) is 102 Å². The molecular weight excluding hydrogens is 496 g/mol. The molecule has 3 aliphatic rings. The summed E-state index contributed by atoms with van der Waals surface area (Å²) in [4.78, 5) is 52.2. The molecule has 3 aromatic carbocycles. The number of para-hydroxylation sites is 1. The third-order valence-electron chi connectivity index (χ3n) is 7.69. The van der Waals surface area contributed by atoms with Gasteiger partial charge in [-0.25, -0.2) is 4.79 Å². The van der Waals surface area contributed by atoms with E-state index in [0.29, 0.717) is 22.9 Å². The number of carbonyl (C=O) groups excluding carboxylic acids is 4. The van der Waals surface area contributed by atoms with E-state index in [2.05, 4.69) is 11.4 Å². The summed E-state index contributed by atoms with van der Waals surface area (Å²) in [5, 5.41) is 2.67. The molecular formula is C31H26N2O6. The van der Waals surface area contributed by atoms with Crippen molar-refractivity contribution in [2.75, 3.05) is 16.8 Å². The Bertz CT molecular complexity index is 1480. The van der Waals surface area contributed by atoms with Gasteiger partial charge >= 0.3 is 5.97 Å². The Hall–Kier alpha value is -4.72. The Labute approximate surface area is 225 Å². The van der Waals surface area contributed by atoms with Crippen molar-refractivity contribution in [1.82, 2.24) is 0 Å². The van der Waals surface area contributed by atoms with E-state index < -0.39 is 18.5 Å². The van der Waals surface area contributed by atoms with E-state index in [4.69, 9.17) is 9.47 Å². The molecule has 4 atom stereocenters. The standard InChI is InChI=1S/C31H26N2O6/c1-18-15-20-16-25(18)28-27(20)29(35)33(30(28)36)22-11-7-19(8-12-22)31(37)38-17-26(34)32-21-9-13-24(14-10-21)39-23-5-3-2-4-6-23/h2-15,20,25,27-28H,16-17H2,1H3,(H,32,34)/t20-,25+,27-,28+/m0/s1. The molecule has 2 bridgehead atoms. The van der Waals surface area contributed by atoms with Crippen LogP contribution in [-0.2, 0) is 19.1 Å². The quantitative estimate of drug-likeness (QED) is 0.267. The number of amides is 3. The number of carbonyl (C=O) groups is 4. The molecule has 196 valence electrons. The van der Waals surface area contributed by atoms with Crippen LogP contribution in [-0.4, -0.2) is 30.3 Å². The summed E-state index contributed by atoms with van der Waals surface area (Å²) in [5.74, 6) is -0.505. The van der Waals surface area contributed by atoms with Crippen molar-refractivity contribution in [2.24, 2.45) is 23.7 Å². The van der Waals surface area contributed by atoms with Gasteiger partial charge in [-0.05, 0) is 85.8 Å². The summed E-state index contributed by atoms with van der Waals surface area (Å²) < 4.78 is 10.9. The first kappa shape index (κ1) is 24.6. The minimum absolute atomic E-state index is 0.127. The summed E-state index contributed by atoms with van der Waals surface area (Å²) in [7, 11) is 0. The van der Waals surface area contributed by atoms with Crippen molar-refractivity contribution < 1.29 is 28.7 Å². The van der Waals surface area contributed by atoms with Crippen LogP contribution in [0.1, 0.15) is 23.7 Å². The van der Waals surface area contributed by atoms with Crippen LogP contribution in [0.2, 0.25) is 0 Å². The van der Waals surface area contributed by atoms with Gasteiger partial charge in [-0.1, -0.05) is 29.8 Å². The van der Waals surface area contributed by atoms with E-state index in [1.807, 2.05) is 37.3 Å². The van der Waals surface area contributed by atoms with Gasteiger partial charge in [0.15, 0.2) is 6.61 Å². The van der Waals surface area contributed by atoms with Crippen molar-refractivity contribution in [2.45, 2.75) is 13.3 Å². The van der Waals surface area contributed by atoms with Crippen LogP contribution in [0.4, 0.5) is 11.4 Å². The maximum atomic E-state index is 13.1. The van der Waals surface area contributed by atoms with E-state index in [9.17, 15) is 19.2 Å². The van der Waals surface area contributed by atoms with Gasteiger partial charge in [0.05, 0.1) is 23.1 Å². The average Bonchev–Trinajstić information content (AvgIpc) is 3.59. The van der Waals surface area contributed by atoms with Gasteiger partial charge in [0.1, 0.15) is 11.5 Å². The minimum atomic E-state index is -0.683. The van der Waals surface area contributed by atoms with Gasteiger partial charge in [0.25, 0.3) is 5.91 Å². The number of allylic oxidation sites excluding steroid dienone is 2. The highest BCUT2D eigenvalue weighted by Gasteiger charge is 2.60. The third kappa shape index (κ3) is 4.58. The van der Waals surface area contributed by atoms with Crippen molar-refractivity contribution in [3.8, 4) is 11.5 Å². The molecule has 1 saturated heterocycles. The van der Waals surface area contributed by atoms with Crippen LogP contribution in [0, 0.1) is 23.7 Å². The molecule has 1 heterocycles. The second-order valence-corrected chi connectivity index (χ2v) is 10.1. The number of ether oxygens (including phenoxy) is 2. The van der Waals surface area contributed by atoms with Crippen LogP contribution >= 0.6 is 0 Å². The average molecular weight is 523 g/mol. The van der Waals surface area contributed by atoms with E-state index in [1.165, 1.54) is 22.6 Å². The zero-order chi connectivity index (χ0) is 27.1. The zero-order valence-corrected chi connectivity index (χ0v) is 21.2. The van der Waals surface area contributed by atoms with Crippen LogP contribution in [0.3, 0.4) is 0 Å². The summed E-state index contributed by atoms with van der Waals surface area (Å²) in [5.41, 5.74) is 2.38. The number of nitrogens with one attached hydrogen (secondary N) is 1. The smallest absolute Gasteiger partial charge is 0.338 e. The molecule has 0 aromatic heterocycles. The highest BCUT2D eigenvalue weighted by atomic mass is 16.5. The van der Waals surface area contributed by atoms with Gasteiger partial charge < -0.3 is 14.8 Å². The molecule has 8 heteroatoms. The lowest BCUT2D eigenvalue weighted by molar-refractivity contribution is -0.123. The maximum absolute atomic E-state index is 13.1. The highest BCUT2D eigenvalue weighted by Crippen LogP contribution is 2.55. The number of imide groups is 1. The predicted molar refractivity (Wildman–Crippen MR) is 143 cm³/mol. The minimum Gasteiger partial charge on any atom is -0.457 e. The van der Waals surface area contributed by atoms with E-state index in [0.717, 1.165) is 6.42 Å². The first-order valence-corrected chi connectivity index (χ1v) is 12.8. The number of nitrogens with zero attached hydrogens (tertiary/aromatic N) is 1. The lowest BCUT2D eigenvalue weighted by Crippen LogP contribution is -2.33. The summed E-state index contributed by atoms with van der Waals surface area (Å²) >= 11 is 0. The molecule has 2 fully saturated rings. The van der Waals surface area contributed by atoms with Crippen molar-refractivity contribution in [1.29, 1.82) is 0 Å². The lowest BCUT2D eigenvalue weighted by atomic mass is 9.82. The molecule has 3 aromatic rings. The maximum Gasteiger partial charge on any atom is 0.338 e. The van der Waals surface area contributed by atoms with Gasteiger partial charge in [0.2, 0.25) is 11.8 Å². The fourth-order valence-electron chi connectivity index (χ4n) is 5.92. The highest BCUT2D eigenvalue weighted by molar-refractivity contribution is 6.23. The van der Waals surface area contributed by atoms with Gasteiger partial charge in [-0.2, -0.15) is 0 Å². The number of anilines is 2. The molecule has 3 amide bonds. The normalized spacial score (nSPS) is 22.9. The molecule has 1 N–H and O–H groups in total. The molecule has 1 aliphatic heterocycles. The van der Waals surface area contributed by atoms with Gasteiger partial charge in [-0.3, -0.25) is 19.3 Å². The zero-order valence-electron chi connectivity index (χ0n) is 21.2. The molecule has 1 saturated carbocycles. The summed E-state index contributed by atoms with van der Waals surface area (Å²) in [6.07, 6.45) is 3.00. The second kappa shape index (κ2) is 9.87. The van der Waals surface area contributed by atoms with E-state index in [1.54, 1.807) is 36.4 Å². The first-order chi connectivity index (χ1) is 18.9. The SMILES string of the molecule is CC1=C[C@H]2C[C@H]1[C@H]1C(=O)N(c3ccc(C(=O)OCC(=O)Nc4ccc(Oc5ccccc5)cc4)cc3)C(=O)[C@H]12. The molecule has 2 aliphatic carbocycles. The molecule has 39 heavy (non-hydrogen) atoms. The summed E-state index contributed by atoms with van der Waals surface area (Å²) in [6, 6.07) is 22.3. The Morgan fingerprint density at radius 1 is 0.872 bits per heavy atom. The van der Waals surface area contributed by atoms with Crippen molar-refractivity contribution >= 4 is 35.1 Å². The fraction of sp³-hybridized carbons (Fsp3) is 0.226. The molecule has 0 radical (unpaired) electrons. The Balaban J connectivity index is 1.02. The van der Waals surface area contributed by atoms with E-state index in [-0.39, 0.29) is 41.0 Å². The number of rotatable bonds is 7.